The van der Waals surface area contributed by atoms with Crippen molar-refractivity contribution in [3.05, 3.63) is 58.6 Å². The zero-order valence-electron chi connectivity index (χ0n) is 15.6. The Labute approximate surface area is 167 Å². The van der Waals surface area contributed by atoms with Gasteiger partial charge >= 0.3 is 11.9 Å². The SMILES string of the molecule is CCOC(=O)C1=C(C)NC(=S)NC1c1cn(-c2ccc(C)cc2)nc1C(=O)O. The number of hydrogen-bond donors (Lipinski definition) is 3. The van der Waals surface area contributed by atoms with Crippen molar-refractivity contribution >= 4 is 29.3 Å². The maximum absolute atomic E-state index is 12.5. The molecule has 0 amide bonds. The number of aromatic nitrogens is 2. The maximum Gasteiger partial charge on any atom is 0.356 e. The number of aromatic carboxylic acids is 1. The lowest BCUT2D eigenvalue weighted by Crippen LogP contribution is -2.45. The first kappa shape index (κ1) is 19.6. The van der Waals surface area contributed by atoms with E-state index >= 15 is 0 Å². The summed E-state index contributed by atoms with van der Waals surface area (Å²) >= 11 is 5.20. The smallest absolute Gasteiger partial charge is 0.356 e. The zero-order valence-corrected chi connectivity index (χ0v) is 16.5. The van der Waals surface area contributed by atoms with E-state index < -0.39 is 18.0 Å². The predicted octanol–water partition coefficient (Wildman–Crippen LogP) is 2.23. The maximum atomic E-state index is 12.5. The molecule has 1 aromatic carbocycles. The molecule has 146 valence electrons. The van der Waals surface area contributed by atoms with Gasteiger partial charge in [-0.25, -0.2) is 14.3 Å². The van der Waals surface area contributed by atoms with E-state index in [0.717, 1.165) is 5.56 Å². The lowest BCUT2D eigenvalue weighted by Gasteiger charge is -2.29. The van der Waals surface area contributed by atoms with Crippen LogP contribution in [0.25, 0.3) is 5.69 Å². The number of ether oxygens (including phenoxy) is 1. The molecule has 0 saturated heterocycles. The lowest BCUT2D eigenvalue weighted by atomic mass is 9.96. The summed E-state index contributed by atoms with van der Waals surface area (Å²) in [5.41, 5.74) is 2.70. The van der Waals surface area contributed by atoms with Gasteiger partial charge in [-0.15, -0.1) is 0 Å². The minimum atomic E-state index is -1.20. The summed E-state index contributed by atoms with van der Waals surface area (Å²) < 4.78 is 6.62. The topological polar surface area (TPSA) is 105 Å². The van der Waals surface area contributed by atoms with Gasteiger partial charge in [0.25, 0.3) is 0 Å². The number of esters is 1. The molecule has 3 N–H and O–H groups in total. The number of hydrogen-bond acceptors (Lipinski definition) is 5. The van der Waals surface area contributed by atoms with Crippen molar-refractivity contribution in [1.82, 2.24) is 20.4 Å². The van der Waals surface area contributed by atoms with Crippen LogP contribution in [-0.4, -0.2) is 38.5 Å². The summed E-state index contributed by atoms with van der Waals surface area (Å²) in [7, 11) is 0. The van der Waals surface area contributed by atoms with Crippen LogP contribution in [0.2, 0.25) is 0 Å². The molecule has 3 rings (SSSR count). The van der Waals surface area contributed by atoms with E-state index in [1.807, 2.05) is 31.2 Å². The molecule has 0 saturated carbocycles. The van der Waals surface area contributed by atoms with Crippen LogP contribution in [0.3, 0.4) is 0 Å². The normalized spacial score (nSPS) is 16.4. The van der Waals surface area contributed by atoms with Gasteiger partial charge in [-0.3, -0.25) is 0 Å². The summed E-state index contributed by atoms with van der Waals surface area (Å²) in [6, 6.07) is 6.70. The lowest BCUT2D eigenvalue weighted by molar-refractivity contribution is -0.139. The first-order valence-corrected chi connectivity index (χ1v) is 9.08. The number of carboxylic acids is 1. The van der Waals surface area contributed by atoms with Crippen LogP contribution in [-0.2, 0) is 9.53 Å². The van der Waals surface area contributed by atoms with E-state index in [4.69, 9.17) is 17.0 Å². The van der Waals surface area contributed by atoms with Gasteiger partial charge in [0.2, 0.25) is 0 Å². The quantitative estimate of drug-likeness (QED) is 0.518. The molecule has 1 aliphatic rings. The minimum absolute atomic E-state index is 0.169. The Kier molecular flexibility index (Phi) is 5.46. The van der Waals surface area contributed by atoms with Crippen molar-refractivity contribution in [2.75, 3.05) is 6.61 Å². The van der Waals surface area contributed by atoms with E-state index in [2.05, 4.69) is 15.7 Å². The second-order valence-corrected chi connectivity index (χ2v) is 6.72. The molecular formula is C19H20N4O4S. The number of carboxylic acid groups (broad SMARTS) is 1. The summed E-state index contributed by atoms with van der Waals surface area (Å²) in [6.07, 6.45) is 1.59. The van der Waals surface area contributed by atoms with Crippen LogP contribution >= 0.6 is 12.2 Å². The van der Waals surface area contributed by atoms with E-state index in [1.165, 1.54) is 4.68 Å². The van der Waals surface area contributed by atoms with Gasteiger partial charge < -0.3 is 20.5 Å². The van der Waals surface area contributed by atoms with Gasteiger partial charge in [0.05, 0.1) is 23.9 Å². The Morgan fingerprint density at radius 3 is 2.57 bits per heavy atom. The number of aryl methyl sites for hydroxylation is 1. The van der Waals surface area contributed by atoms with Crippen molar-refractivity contribution in [1.29, 1.82) is 0 Å². The fraction of sp³-hybridized carbons (Fsp3) is 0.263. The first-order valence-electron chi connectivity index (χ1n) is 8.67. The molecule has 0 spiro atoms. The van der Waals surface area contributed by atoms with E-state index in [-0.39, 0.29) is 23.0 Å². The molecule has 9 heteroatoms. The molecule has 1 aromatic heterocycles. The predicted molar refractivity (Wildman–Crippen MR) is 106 cm³/mol. The van der Waals surface area contributed by atoms with Gasteiger partial charge in [-0.05, 0) is 45.1 Å². The third-order valence-electron chi connectivity index (χ3n) is 4.32. The second kappa shape index (κ2) is 7.81. The highest BCUT2D eigenvalue weighted by atomic mass is 32.1. The number of allylic oxidation sites excluding steroid dienone is 1. The third-order valence-corrected chi connectivity index (χ3v) is 4.54. The van der Waals surface area contributed by atoms with Gasteiger partial charge in [0.15, 0.2) is 10.8 Å². The number of nitrogens with zero attached hydrogens (tertiary/aromatic N) is 2. The van der Waals surface area contributed by atoms with Gasteiger partial charge in [-0.2, -0.15) is 5.10 Å². The molecule has 1 unspecified atom stereocenters. The molecule has 0 bridgehead atoms. The first-order chi connectivity index (χ1) is 13.3. The summed E-state index contributed by atoms with van der Waals surface area (Å²) in [5.74, 6) is -1.75. The highest BCUT2D eigenvalue weighted by Crippen LogP contribution is 2.30. The minimum Gasteiger partial charge on any atom is -0.476 e. The molecular weight excluding hydrogens is 380 g/mol. The van der Waals surface area contributed by atoms with Gasteiger partial charge in [0.1, 0.15) is 0 Å². The third kappa shape index (κ3) is 3.74. The molecule has 0 radical (unpaired) electrons. The van der Waals surface area contributed by atoms with Crippen molar-refractivity contribution in [2.45, 2.75) is 26.8 Å². The number of carbonyl (C=O) groups is 2. The Morgan fingerprint density at radius 1 is 1.29 bits per heavy atom. The number of rotatable bonds is 5. The number of nitrogens with one attached hydrogen (secondary N) is 2. The number of carbonyl (C=O) groups excluding carboxylic acids is 1. The van der Waals surface area contributed by atoms with Gasteiger partial charge in [0, 0.05) is 17.5 Å². The van der Waals surface area contributed by atoms with E-state index in [9.17, 15) is 14.7 Å². The Morgan fingerprint density at radius 2 is 1.96 bits per heavy atom. The fourth-order valence-electron chi connectivity index (χ4n) is 3.00. The highest BCUT2D eigenvalue weighted by Gasteiger charge is 2.35. The number of benzene rings is 1. The van der Waals surface area contributed by atoms with Crippen LogP contribution in [0.4, 0.5) is 0 Å². The molecule has 1 atom stereocenters. The average molecular weight is 400 g/mol. The van der Waals surface area contributed by atoms with Crippen molar-refractivity contribution in [2.24, 2.45) is 0 Å². The summed E-state index contributed by atoms with van der Waals surface area (Å²) in [4.78, 5) is 24.4. The van der Waals surface area contributed by atoms with Crippen LogP contribution in [0, 0.1) is 6.92 Å². The Hall–Kier alpha value is -3.20. The largest absolute Gasteiger partial charge is 0.476 e. The Balaban J connectivity index is 2.13. The molecule has 0 aliphatic carbocycles. The molecule has 2 heterocycles. The van der Waals surface area contributed by atoms with Crippen molar-refractivity contribution in [3.8, 4) is 5.69 Å². The monoisotopic (exact) mass is 400 g/mol. The molecule has 28 heavy (non-hydrogen) atoms. The second-order valence-electron chi connectivity index (χ2n) is 6.31. The molecule has 1 aliphatic heterocycles. The summed E-state index contributed by atoms with van der Waals surface area (Å²) in [5, 5.41) is 20.0. The van der Waals surface area contributed by atoms with Crippen LogP contribution < -0.4 is 10.6 Å². The summed E-state index contributed by atoms with van der Waals surface area (Å²) in [6.45, 7) is 5.55. The van der Waals surface area contributed by atoms with E-state index in [1.54, 1.807) is 20.0 Å². The molecule has 0 fully saturated rings. The Bertz CT molecular complexity index is 978. The van der Waals surface area contributed by atoms with Crippen molar-refractivity contribution < 1.29 is 19.4 Å². The van der Waals surface area contributed by atoms with Crippen molar-refractivity contribution in [3.63, 3.8) is 0 Å². The average Bonchev–Trinajstić information content (AvgIpc) is 3.07. The highest BCUT2D eigenvalue weighted by molar-refractivity contribution is 7.80. The van der Waals surface area contributed by atoms with Gasteiger partial charge in [-0.1, -0.05) is 17.7 Å². The van der Waals surface area contributed by atoms with E-state index in [0.29, 0.717) is 16.9 Å². The van der Waals surface area contributed by atoms with Crippen LogP contribution in [0.1, 0.15) is 41.5 Å². The molecule has 8 nitrogen and oxygen atoms in total. The van der Waals surface area contributed by atoms with Crippen LogP contribution in [0.15, 0.2) is 41.7 Å². The number of thiocarbonyl (C=S) groups is 1. The fourth-order valence-corrected chi connectivity index (χ4v) is 3.27. The zero-order chi connectivity index (χ0) is 20.4. The standard InChI is InChI=1S/C19H20N4O4S/c1-4-27-18(26)14-11(3)20-19(28)21-15(14)13-9-23(22-16(13)17(24)25)12-7-5-10(2)6-8-12/h5-9,15H,4H2,1-3H3,(H,24,25)(H2,20,21,28). The molecule has 2 aromatic rings. The van der Waals surface area contributed by atoms with Crippen LogP contribution in [0.5, 0.6) is 0 Å².